The summed E-state index contributed by atoms with van der Waals surface area (Å²) in [6, 6.07) is 9.99. The van der Waals surface area contributed by atoms with E-state index >= 15 is 0 Å². The lowest BCUT2D eigenvalue weighted by molar-refractivity contribution is 1.14. The van der Waals surface area contributed by atoms with Gasteiger partial charge in [-0.05, 0) is 37.6 Å². The van der Waals surface area contributed by atoms with Gasteiger partial charge in [-0.15, -0.1) is 11.8 Å². The summed E-state index contributed by atoms with van der Waals surface area (Å²) < 4.78 is 0. The van der Waals surface area contributed by atoms with Crippen LogP contribution in [0.3, 0.4) is 0 Å². The molecule has 0 saturated heterocycles. The molecule has 0 aliphatic rings. The highest BCUT2D eigenvalue weighted by atomic mass is 35.5. The summed E-state index contributed by atoms with van der Waals surface area (Å²) in [7, 11) is 0. The maximum absolute atomic E-state index is 6.15. The molecule has 3 nitrogen and oxygen atoms in total. The standard InChI is InChI=1S/C14H16ClN3S/c1-9-3-4-10(2)13(7-9)19-8-12-11(15)5-6-14(17-12)18-16/h3-7H,8,16H2,1-2H3,(H,17,18). The van der Waals surface area contributed by atoms with Crippen molar-refractivity contribution >= 4 is 29.2 Å². The van der Waals surface area contributed by atoms with Gasteiger partial charge in [0.15, 0.2) is 0 Å². The molecule has 0 radical (unpaired) electrons. The van der Waals surface area contributed by atoms with Gasteiger partial charge in [0, 0.05) is 10.6 Å². The van der Waals surface area contributed by atoms with Crippen molar-refractivity contribution in [2.24, 2.45) is 5.84 Å². The van der Waals surface area contributed by atoms with Crippen LogP contribution in [0.2, 0.25) is 5.02 Å². The molecule has 0 amide bonds. The van der Waals surface area contributed by atoms with Gasteiger partial charge < -0.3 is 5.43 Å². The van der Waals surface area contributed by atoms with E-state index in [1.165, 1.54) is 16.0 Å². The maximum atomic E-state index is 6.15. The molecule has 0 aliphatic heterocycles. The number of nitrogens with one attached hydrogen (secondary N) is 1. The number of hydrogen-bond donors (Lipinski definition) is 2. The first-order valence-corrected chi connectivity index (χ1v) is 7.28. The molecular weight excluding hydrogens is 278 g/mol. The Morgan fingerprint density at radius 1 is 1.26 bits per heavy atom. The molecule has 0 spiro atoms. The molecule has 0 atom stereocenters. The summed E-state index contributed by atoms with van der Waals surface area (Å²) >= 11 is 7.88. The zero-order valence-corrected chi connectivity index (χ0v) is 12.5. The van der Waals surface area contributed by atoms with E-state index in [1.54, 1.807) is 17.8 Å². The Morgan fingerprint density at radius 3 is 2.79 bits per heavy atom. The first-order valence-electron chi connectivity index (χ1n) is 5.92. The fraction of sp³-hybridized carbons (Fsp3) is 0.214. The number of aromatic nitrogens is 1. The van der Waals surface area contributed by atoms with E-state index in [2.05, 4.69) is 42.5 Å². The van der Waals surface area contributed by atoms with Crippen molar-refractivity contribution in [1.29, 1.82) is 0 Å². The van der Waals surface area contributed by atoms with Gasteiger partial charge in [-0.25, -0.2) is 10.8 Å². The number of hydrogen-bond acceptors (Lipinski definition) is 4. The number of nitrogens with zero attached hydrogens (tertiary/aromatic N) is 1. The lowest BCUT2D eigenvalue weighted by Gasteiger charge is -2.09. The second-order valence-electron chi connectivity index (χ2n) is 4.33. The van der Waals surface area contributed by atoms with Gasteiger partial charge in [0.2, 0.25) is 0 Å². The van der Waals surface area contributed by atoms with Crippen molar-refractivity contribution in [3.05, 3.63) is 52.2 Å². The van der Waals surface area contributed by atoms with Crippen LogP contribution in [0, 0.1) is 13.8 Å². The van der Waals surface area contributed by atoms with E-state index in [0.29, 0.717) is 10.8 Å². The number of aryl methyl sites for hydroxylation is 2. The van der Waals surface area contributed by atoms with E-state index in [0.717, 1.165) is 11.4 Å². The number of thioether (sulfide) groups is 1. The number of pyridine rings is 1. The Bertz CT molecular complexity index is 587. The minimum atomic E-state index is 0.626. The SMILES string of the molecule is Cc1ccc(C)c(SCc2nc(NN)ccc2Cl)c1. The van der Waals surface area contributed by atoms with Gasteiger partial charge in [0.05, 0.1) is 10.7 Å². The molecule has 0 bridgehead atoms. The van der Waals surface area contributed by atoms with Crippen LogP contribution in [0.25, 0.3) is 0 Å². The van der Waals surface area contributed by atoms with Crippen LogP contribution < -0.4 is 11.3 Å². The number of anilines is 1. The Labute approximate surface area is 122 Å². The molecule has 3 N–H and O–H groups in total. The van der Waals surface area contributed by atoms with Gasteiger partial charge in [-0.3, -0.25) is 0 Å². The first kappa shape index (κ1) is 14.2. The van der Waals surface area contributed by atoms with Crippen LogP contribution in [0.15, 0.2) is 35.2 Å². The number of benzene rings is 1. The molecule has 2 rings (SSSR count). The third-order valence-corrected chi connectivity index (χ3v) is 4.29. The van der Waals surface area contributed by atoms with Gasteiger partial charge in [0.25, 0.3) is 0 Å². The summed E-state index contributed by atoms with van der Waals surface area (Å²) in [6.07, 6.45) is 0. The summed E-state index contributed by atoms with van der Waals surface area (Å²) in [4.78, 5) is 5.62. The summed E-state index contributed by atoms with van der Waals surface area (Å²) in [5.41, 5.74) is 5.89. The van der Waals surface area contributed by atoms with Gasteiger partial charge in [0.1, 0.15) is 5.82 Å². The fourth-order valence-corrected chi connectivity index (χ4v) is 3.00. The minimum absolute atomic E-state index is 0.626. The van der Waals surface area contributed by atoms with Crippen LogP contribution in [-0.4, -0.2) is 4.98 Å². The predicted octanol–water partition coefficient (Wildman–Crippen LogP) is 3.93. The van der Waals surface area contributed by atoms with Crippen molar-refractivity contribution in [3.63, 3.8) is 0 Å². The molecular formula is C14H16ClN3S. The number of halogens is 1. The molecule has 0 saturated carbocycles. The number of nitrogens with two attached hydrogens (primary N) is 1. The van der Waals surface area contributed by atoms with Crippen LogP contribution >= 0.6 is 23.4 Å². The average molecular weight is 294 g/mol. The van der Waals surface area contributed by atoms with Gasteiger partial charge in [-0.2, -0.15) is 0 Å². The monoisotopic (exact) mass is 293 g/mol. The minimum Gasteiger partial charge on any atom is -0.308 e. The highest BCUT2D eigenvalue weighted by Gasteiger charge is 2.06. The van der Waals surface area contributed by atoms with E-state index in [9.17, 15) is 0 Å². The number of nitrogen functional groups attached to an aromatic ring is 1. The third-order valence-electron chi connectivity index (χ3n) is 2.77. The maximum Gasteiger partial charge on any atom is 0.140 e. The van der Waals surface area contributed by atoms with Crippen LogP contribution in [-0.2, 0) is 5.75 Å². The summed E-state index contributed by atoms with van der Waals surface area (Å²) in [5.74, 6) is 6.70. The molecule has 0 fully saturated rings. The van der Waals surface area contributed by atoms with E-state index in [-0.39, 0.29) is 0 Å². The Kier molecular flexibility index (Phi) is 4.69. The molecule has 5 heteroatoms. The summed E-state index contributed by atoms with van der Waals surface area (Å²) in [5, 5.41) is 0.664. The highest BCUT2D eigenvalue weighted by molar-refractivity contribution is 7.98. The Morgan fingerprint density at radius 2 is 2.05 bits per heavy atom. The lowest BCUT2D eigenvalue weighted by Crippen LogP contribution is -2.09. The van der Waals surface area contributed by atoms with Gasteiger partial charge >= 0.3 is 0 Å². The number of hydrazine groups is 1. The second-order valence-corrected chi connectivity index (χ2v) is 5.75. The highest BCUT2D eigenvalue weighted by Crippen LogP contribution is 2.29. The zero-order valence-electron chi connectivity index (χ0n) is 10.9. The van der Waals surface area contributed by atoms with E-state index in [1.807, 2.05) is 6.07 Å². The van der Waals surface area contributed by atoms with E-state index < -0.39 is 0 Å². The normalized spacial score (nSPS) is 10.5. The van der Waals surface area contributed by atoms with Crippen LogP contribution in [0.5, 0.6) is 0 Å². The van der Waals surface area contributed by atoms with Crippen LogP contribution in [0.4, 0.5) is 5.82 Å². The molecule has 2 aromatic rings. The van der Waals surface area contributed by atoms with Gasteiger partial charge in [-0.1, -0.05) is 29.3 Å². The largest absolute Gasteiger partial charge is 0.308 e. The third kappa shape index (κ3) is 3.62. The molecule has 0 aliphatic carbocycles. The number of rotatable bonds is 4. The topological polar surface area (TPSA) is 50.9 Å². The first-order chi connectivity index (χ1) is 9.10. The molecule has 100 valence electrons. The molecule has 0 unspecified atom stereocenters. The Balaban J connectivity index is 2.16. The lowest BCUT2D eigenvalue weighted by atomic mass is 10.2. The Hall–Kier alpha value is -1.23. The molecule has 1 aromatic heterocycles. The molecule has 1 aromatic carbocycles. The van der Waals surface area contributed by atoms with Crippen molar-refractivity contribution in [3.8, 4) is 0 Å². The summed E-state index contributed by atoms with van der Waals surface area (Å²) in [6.45, 7) is 4.20. The average Bonchev–Trinajstić information content (AvgIpc) is 2.41. The predicted molar refractivity (Wildman–Crippen MR) is 82.5 cm³/mol. The van der Waals surface area contributed by atoms with E-state index in [4.69, 9.17) is 17.4 Å². The van der Waals surface area contributed by atoms with Crippen LogP contribution in [0.1, 0.15) is 16.8 Å². The quantitative estimate of drug-likeness (QED) is 0.509. The van der Waals surface area contributed by atoms with Crippen molar-refractivity contribution in [2.45, 2.75) is 24.5 Å². The molecule has 1 heterocycles. The fourth-order valence-electron chi connectivity index (χ4n) is 1.67. The van der Waals surface area contributed by atoms with Crippen molar-refractivity contribution in [1.82, 2.24) is 4.98 Å². The molecule has 19 heavy (non-hydrogen) atoms. The van der Waals surface area contributed by atoms with Crippen molar-refractivity contribution < 1.29 is 0 Å². The zero-order chi connectivity index (χ0) is 13.8. The van der Waals surface area contributed by atoms with Crippen molar-refractivity contribution in [2.75, 3.05) is 5.43 Å². The smallest absolute Gasteiger partial charge is 0.140 e. The second kappa shape index (κ2) is 6.28.